The van der Waals surface area contributed by atoms with Crippen molar-refractivity contribution in [2.75, 3.05) is 40.0 Å². The number of unbranched alkanes of at least 4 members (excludes halogenated alkanes) is 27. The summed E-state index contributed by atoms with van der Waals surface area (Å²) in [5.74, 6) is 0.604. The van der Waals surface area contributed by atoms with E-state index in [1.807, 2.05) is 0 Å². The van der Waals surface area contributed by atoms with E-state index in [4.69, 9.17) is 14.2 Å². The van der Waals surface area contributed by atoms with E-state index in [0.29, 0.717) is 32.5 Å². The van der Waals surface area contributed by atoms with Crippen LogP contribution in [-0.4, -0.2) is 62.9 Å². The SMILES string of the molecule is CCCCCCCCCCCCCCCCC(=O)OCCC(COC(=O)CCCCCCCCCCCCCCCC)OCCCCC1CCN(C)CC1. The van der Waals surface area contributed by atoms with Gasteiger partial charge < -0.3 is 19.1 Å². The molecule has 0 bridgehead atoms. The molecular weight excluding hydrogens is 671 g/mol. The van der Waals surface area contributed by atoms with Crippen LogP contribution in [0.3, 0.4) is 0 Å². The predicted octanol–water partition coefficient (Wildman–Crippen LogP) is 14.1. The van der Waals surface area contributed by atoms with Crippen LogP contribution in [0, 0.1) is 5.92 Å². The summed E-state index contributed by atoms with van der Waals surface area (Å²) >= 11 is 0. The molecule has 1 unspecified atom stereocenters. The summed E-state index contributed by atoms with van der Waals surface area (Å²) in [6.45, 7) is 8.24. The number of esters is 2. The van der Waals surface area contributed by atoms with Crippen molar-refractivity contribution in [3.63, 3.8) is 0 Å². The van der Waals surface area contributed by atoms with Crippen LogP contribution in [0.2, 0.25) is 0 Å². The summed E-state index contributed by atoms with van der Waals surface area (Å²) in [4.78, 5) is 27.4. The van der Waals surface area contributed by atoms with E-state index >= 15 is 0 Å². The number of likely N-dealkylation sites (tertiary alicyclic amines) is 1. The molecule has 1 aliphatic rings. The Morgan fingerprint density at radius 1 is 0.500 bits per heavy atom. The lowest BCUT2D eigenvalue weighted by Gasteiger charge is -2.28. The Balaban J connectivity index is 2.16. The molecule has 0 aliphatic carbocycles. The highest BCUT2D eigenvalue weighted by Crippen LogP contribution is 2.22. The molecule has 6 heteroatoms. The van der Waals surface area contributed by atoms with Gasteiger partial charge in [0.2, 0.25) is 0 Å². The van der Waals surface area contributed by atoms with Gasteiger partial charge in [-0.25, -0.2) is 0 Å². The summed E-state index contributed by atoms with van der Waals surface area (Å²) in [6.07, 6.45) is 44.0. The van der Waals surface area contributed by atoms with Gasteiger partial charge in [-0.05, 0) is 58.2 Å². The second kappa shape index (κ2) is 40.1. The van der Waals surface area contributed by atoms with Crippen molar-refractivity contribution in [3.05, 3.63) is 0 Å². The zero-order valence-electron chi connectivity index (χ0n) is 36.6. The van der Waals surface area contributed by atoms with Crippen molar-refractivity contribution in [1.82, 2.24) is 4.90 Å². The topological polar surface area (TPSA) is 65.1 Å². The molecule has 1 atom stereocenters. The normalized spacial score (nSPS) is 14.4. The van der Waals surface area contributed by atoms with Crippen molar-refractivity contribution in [1.29, 1.82) is 0 Å². The van der Waals surface area contributed by atoms with Crippen LogP contribution in [0.1, 0.15) is 245 Å². The number of carbonyl (C=O) groups is 2. The summed E-state index contributed by atoms with van der Waals surface area (Å²) in [6, 6.07) is 0. The number of carbonyl (C=O) groups excluding carboxylic acids is 2. The average Bonchev–Trinajstić information content (AvgIpc) is 3.17. The molecule has 0 spiro atoms. The van der Waals surface area contributed by atoms with Gasteiger partial charge in [-0.1, -0.05) is 194 Å². The van der Waals surface area contributed by atoms with E-state index < -0.39 is 0 Å². The van der Waals surface area contributed by atoms with Crippen molar-refractivity contribution in [2.45, 2.75) is 251 Å². The highest BCUT2D eigenvalue weighted by atomic mass is 16.6. The number of hydrogen-bond acceptors (Lipinski definition) is 6. The lowest BCUT2D eigenvalue weighted by atomic mass is 9.92. The highest BCUT2D eigenvalue weighted by molar-refractivity contribution is 5.69. The number of rotatable bonds is 41. The smallest absolute Gasteiger partial charge is 0.305 e. The zero-order valence-corrected chi connectivity index (χ0v) is 36.6. The van der Waals surface area contributed by atoms with Gasteiger partial charge in [0.1, 0.15) is 6.61 Å². The fraction of sp³-hybridized carbons (Fsp3) is 0.958. The molecule has 0 amide bonds. The van der Waals surface area contributed by atoms with Crippen molar-refractivity contribution in [2.24, 2.45) is 5.92 Å². The third kappa shape index (κ3) is 35.3. The van der Waals surface area contributed by atoms with Crippen LogP contribution in [0.5, 0.6) is 0 Å². The molecule has 1 aliphatic heterocycles. The molecule has 320 valence electrons. The highest BCUT2D eigenvalue weighted by Gasteiger charge is 2.17. The second-order valence-electron chi connectivity index (χ2n) is 17.1. The second-order valence-corrected chi connectivity index (χ2v) is 17.1. The van der Waals surface area contributed by atoms with Gasteiger partial charge in [-0.15, -0.1) is 0 Å². The first-order chi connectivity index (χ1) is 26.5. The van der Waals surface area contributed by atoms with E-state index in [-0.39, 0.29) is 24.6 Å². The number of ether oxygens (including phenoxy) is 3. The lowest BCUT2D eigenvalue weighted by Crippen LogP contribution is -2.30. The number of nitrogens with zero attached hydrogens (tertiary/aromatic N) is 1. The quantitative estimate of drug-likeness (QED) is 0.0456. The molecule has 6 nitrogen and oxygen atoms in total. The largest absolute Gasteiger partial charge is 0.466 e. The minimum Gasteiger partial charge on any atom is -0.466 e. The summed E-state index contributed by atoms with van der Waals surface area (Å²) < 4.78 is 17.5. The van der Waals surface area contributed by atoms with Crippen molar-refractivity contribution in [3.8, 4) is 0 Å². The monoisotopic (exact) mass is 764 g/mol. The van der Waals surface area contributed by atoms with Gasteiger partial charge in [0.25, 0.3) is 0 Å². The first kappa shape index (κ1) is 50.9. The Morgan fingerprint density at radius 2 is 0.889 bits per heavy atom. The lowest BCUT2D eigenvalue weighted by molar-refractivity contribution is -0.151. The van der Waals surface area contributed by atoms with Crippen molar-refractivity contribution < 1.29 is 23.8 Å². The van der Waals surface area contributed by atoms with Crippen LogP contribution in [-0.2, 0) is 23.8 Å². The maximum absolute atomic E-state index is 12.6. The molecule has 0 N–H and O–H groups in total. The van der Waals surface area contributed by atoms with E-state index in [0.717, 1.165) is 38.0 Å². The maximum atomic E-state index is 12.6. The zero-order chi connectivity index (χ0) is 39.0. The molecule has 1 rings (SSSR count). The Bertz CT molecular complexity index is 798. The molecular formula is C48H93NO5. The Hall–Kier alpha value is -1.14. The molecule has 0 aromatic heterocycles. The predicted molar refractivity (Wildman–Crippen MR) is 230 cm³/mol. The third-order valence-corrected chi connectivity index (χ3v) is 11.8. The van der Waals surface area contributed by atoms with E-state index in [2.05, 4.69) is 25.8 Å². The molecule has 1 fully saturated rings. The van der Waals surface area contributed by atoms with Crippen molar-refractivity contribution >= 4 is 11.9 Å². The average molecular weight is 764 g/mol. The van der Waals surface area contributed by atoms with Gasteiger partial charge >= 0.3 is 11.9 Å². The molecule has 54 heavy (non-hydrogen) atoms. The Kier molecular flexibility index (Phi) is 37.8. The molecule has 0 aromatic rings. The third-order valence-electron chi connectivity index (χ3n) is 11.8. The Morgan fingerprint density at radius 3 is 1.31 bits per heavy atom. The molecule has 1 heterocycles. The Labute approximate surface area is 336 Å². The van der Waals surface area contributed by atoms with E-state index in [9.17, 15) is 9.59 Å². The van der Waals surface area contributed by atoms with Gasteiger partial charge in [-0.3, -0.25) is 9.59 Å². The van der Waals surface area contributed by atoms with Gasteiger partial charge in [0.05, 0.1) is 12.7 Å². The number of piperidine rings is 1. The van der Waals surface area contributed by atoms with Gasteiger partial charge in [0.15, 0.2) is 0 Å². The standard InChI is InChI=1S/C48H93NO5/c1-4-6-8-10-12-14-16-18-20-22-24-26-28-30-35-47(50)53-43-39-46(52-42-33-32-34-45-37-40-49(3)41-38-45)44-54-48(51)36-31-29-27-25-23-21-19-17-15-13-11-9-7-5-2/h45-46H,4-44H2,1-3H3. The van der Waals surface area contributed by atoms with Gasteiger partial charge in [0, 0.05) is 25.9 Å². The first-order valence-corrected chi connectivity index (χ1v) is 24.2. The summed E-state index contributed by atoms with van der Waals surface area (Å²) in [7, 11) is 2.22. The van der Waals surface area contributed by atoms with E-state index in [1.54, 1.807) is 0 Å². The number of hydrogen-bond donors (Lipinski definition) is 0. The summed E-state index contributed by atoms with van der Waals surface area (Å²) in [5.41, 5.74) is 0. The first-order valence-electron chi connectivity index (χ1n) is 24.2. The van der Waals surface area contributed by atoms with Crippen LogP contribution >= 0.6 is 0 Å². The minimum absolute atomic E-state index is 0.111. The van der Waals surface area contributed by atoms with Crippen LogP contribution in [0.4, 0.5) is 0 Å². The summed E-state index contributed by atoms with van der Waals surface area (Å²) in [5, 5.41) is 0. The van der Waals surface area contributed by atoms with Crippen LogP contribution in [0.15, 0.2) is 0 Å². The fourth-order valence-corrected chi connectivity index (χ4v) is 7.91. The van der Waals surface area contributed by atoms with E-state index in [1.165, 1.54) is 193 Å². The fourth-order valence-electron chi connectivity index (χ4n) is 7.91. The van der Waals surface area contributed by atoms with Crippen LogP contribution in [0.25, 0.3) is 0 Å². The molecule has 0 aromatic carbocycles. The van der Waals surface area contributed by atoms with Crippen LogP contribution < -0.4 is 0 Å². The maximum Gasteiger partial charge on any atom is 0.305 e. The minimum atomic E-state index is -0.220. The molecule has 1 saturated heterocycles. The molecule has 0 saturated carbocycles. The molecule has 0 radical (unpaired) electrons. The van der Waals surface area contributed by atoms with Gasteiger partial charge in [-0.2, -0.15) is 0 Å².